The highest BCUT2D eigenvalue weighted by Crippen LogP contribution is 2.41. The molecule has 1 atom stereocenters. The molecule has 1 amide bonds. The number of benzene rings is 2. The van der Waals surface area contributed by atoms with Gasteiger partial charge in [-0.05, 0) is 36.8 Å². The lowest BCUT2D eigenvalue weighted by molar-refractivity contribution is 0.0970. The Morgan fingerprint density at radius 3 is 2.74 bits per heavy atom. The second kappa shape index (κ2) is 7.48. The van der Waals surface area contributed by atoms with E-state index in [1.807, 2.05) is 25.1 Å². The van der Waals surface area contributed by atoms with Crippen molar-refractivity contribution in [2.75, 3.05) is 11.5 Å². The number of hydrogen-bond acceptors (Lipinski definition) is 7. The fourth-order valence-corrected chi connectivity index (χ4v) is 4.36. The summed E-state index contributed by atoms with van der Waals surface area (Å²) < 4.78 is 11.5. The predicted octanol–water partition coefficient (Wildman–Crippen LogP) is 4.27. The van der Waals surface area contributed by atoms with Gasteiger partial charge in [-0.3, -0.25) is 14.5 Å². The maximum atomic E-state index is 13.5. The van der Waals surface area contributed by atoms with Crippen LogP contribution < -0.4 is 15.1 Å². The molecular weight excluding hydrogens is 414 g/mol. The summed E-state index contributed by atoms with van der Waals surface area (Å²) in [5.74, 6) is 0.286. The Labute approximate surface area is 181 Å². The van der Waals surface area contributed by atoms with Crippen molar-refractivity contribution < 1.29 is 13.9 Å². The fourth-order valence-electron chi connectivity index (χ4n) is 3.77. The number of anilines is 1. The van der Waals surface area contributed by atoms with Crippen LogP contribution in [0, 0.1) is 6.92 Å². The highest BCUT2D eigenvalue weighted by atomic mass is 32.1. The molecule has 0 unspecified atom stereocenters. The molecule has 0 spiro atoms. The van der Waals surface area contributed by atoms with Crippen LogP contribution in [0.1, 0.15) is 33.3 Å². The van der Waals surface area contributed by atoms with Crippen LogP contribution in [0.5, 0.6) is 5.75 Å². The lowest BCUT2D eigenvalue weighted by Gasteiger charge is -2.22. The molecule has 4 aromatic rings. The SMILES string of the molecule is C=CCOc1ccc([C@H]2c3c(oc4ccc(C)cc4c3=O)C(=O)N2c2nncs2)cc1. The second-order valence-electron chi connectivity index (χ2n) is 7.14. The van der Waals surface area contributed by atoms with Gasteiger partial charge in [-0.15, -0.1) is 10.2 Å². The van der Waals surface area contributed by atoms with Crippen molar-refractivity contribution in [3.63, 3.8) is 0 Å². The first kappa shape index (κ1) is 19.2. The van der Waals surface area contributed by atoms with Crippen LogP contribution in [0.15, 0.2) is 69.8 Å². The predicted molar refractivity (Wildman–Crippen MR) is 118 cm³/mol. The summed E-state index contributed by atoms with van der Waals surface area (Å²) in [4.78, 5) is 28.3. The zero-order chi connectivity index (χ0) is 21.5. The fraction of sp³-hybridized carbons (Fsp3) is 0.130. The molecule has 31 heavy (non-hydrogen) atoms. The van der Waals surface area contributed by atoms with Crippen molar-refractivity contribution in [1.82, 2.24) is 10.2 Å². The quantitative estimate of drug-likeness (QED) is 0.439. The van der Waals surface area contributed by atoms with Gasteiger partial charge in [-0.1, -0.05) is 47.8 Å². The van der Waals surface area contributed by atoms with Gasteiger partial charge < -0.3 is 9.15 Å². The molecule has 0 fully saturated rings. The van der Waals surface area contributed by atoms with Gasteiger partial charge in [0.15, 0.2) is 5.43 Å². The van der Waals surface area contributed by atoms with E-state index < -0.39 is 11.9 Å². The number of rotatable bonds is 5. The molecule has 3 heterocycles. The lowest BCUT2D eigenvalue weighted by atomic mass is 9.98. The number of ether oxygens (including phenoxy) is 1. The van der Waals surface area contributed by atoms with Crippen LogP contribution in [0.2, 0.25) is 0 Å². The average Bonchev–Trinajstić information content (AvgIpc) is 3.40. The Hall–Kier alpha value is -3.78. The number of carbonyl (C=O) groups excluding carboxylic acids is 1. The number of fused-ring (bicyclic) bond motifs is 2. The third kappa shape index (κ3) is 3.12. The van der Waals surface area contributed by atoms with Crippen molar-refractivity contribution in [2.24, 2.45) is 0 Å². The van der Waals surface area contributed by atoms with E-state index >= 15 is 0 Å². The molecule has 0 saturated carbocycles. The maximum Gasteiger partial charge on any atom is 0.297 e. The Morgan fingerprint density at radius 2 is 2.03 bits per heavy atom. The average molecular weight is 431 g/mol. The van der Waals surface area contributed by atoms with Crippen molar-refractivity contribution in [3.05, 3.63) is 93.3 Å². The van der Waals surface area contributed by atoms with Crippen LogP contribution in [-0.2, 0) is 0 Å². The zero-order valence-corrected chi connectivity index (χ0v) is 17.4. The molecule has 0 bridgehead atoms. The molecule has 154 valence electrons. The zero-order valence-electron chi connectivity index (χ0n) is 16.6. The monoisotopic (exact) mass is 431 g/mol. The summed E-state index contributed by atoms with van der Waals surface area (Å²) in [6, 6.07) is 11.9. The van der Waals surface area contributed by atoms with E-state index in [1.54, 1.807) is 35.9 Å². The number of aromatic nitrogens is 2. The Kier molecular flexibility index (Phi) is 4.63. The lowest BCUT2D eigenvalue weighted by Crippen LogP contribution is -2.29. The number of nitrogens with zero attached hydrogens (tertiary/aromatic N) is 3. The Morgan fingerprint density at radius 1 is 1.23 bits per heavy atom. The summed E-state index contributed by atoms with van der Waals surface area (Å²) in [6.45, 7) is 5.93. The third-order valence-electron chi connectivity index (χ3n) is 5.14. The van der Waals surface area contributed by atoms with Crippen molar-refractivity contribution in [2.45, 2.75) is 13.0 Å². The van der Waals surface area contributed by atoms with Crippen LogP contribution >= 0.6 is 11.3 Å². The molecule has 1 aliphatic heterocycles. The first-order valence-electron chi connectivity index (χ1n) is 9.59. The summed E-state index contributed by atoms with van der Waals surface area (Å²) in [5, 5.41) is 8.78. The highest BCUT2D eigenvalue weighted by molar-refractivity contribution is 7.13. The van der Waals surface area contributed by atoms with Crippen molar-refractivity contribution >= 4 is 33.3 Å². The number of hydrogen-bond donors (Lipinski definition) is 0. The molecule has 1 aliphatic rings. The molecular formula is C23H17N3O4S. The van der Waals surface area contributed by atoms with E-state index in [1.165, 1.54) is 16.2 Å². The van der Waals surface area contributed by atoms with Gasteiger partial charge >= 0.3 is 0 Å². The van der Waals surface area contributed by atoms with Gasteiger partial charge in [-0.2, -0.15) is 0 Å². The van der Waals surface area contributed by atoms with Crippen LogP contribution in [0.4, 0.5) is 5.13 Å². The van der Waals surface area contributed by atoms with Gasteiger partial charge in [0.25, 0.3) is 5.91 Å². The Bertz CT molecular complexity index is 1360. The molecule has 0 radical (unpaired) electrons. The number of carbonyl (C=O) groups is 1. The first-order valence-corrected chi connectivity index (χ1v) is 10.5. The summed E-state index contributed by atoms with van der Waals surface area (Å²) in [6.07, 6.45) is 1.66. The van der Waals surface area contributed by atoms with Crippen molar-refractivity contribution in [1.29, 1.82) is 0 Å². The minimum absolute atomic E-state index is 0.0357. The second-order valence-corrected chi connectivity index (χ2v) is 7.95. The van der Waals surface area contributed by atoms with E-state index in [0.29, 0.717) is 34.0 Å². The summed E-state index contributed by atoms with van der Waals surface area (Å²) in [5.41, 5.74) is 3.69. The standard InChI is InChI=1S/C23H17N3O4S/c1-3-10-29-15-7-5-14(6-8-15)19-18-20(27)16-11-13(2)4-9-17(16)30-21(18)22(28)26(19)23-25-24-12-31-23/h3-9,11-12,19H,1,10H2,2H3/t19-/m0/s1. The van der Waals surface area contributed by atoms with E-state index in [-0.39, 0.29) is 11.2 Å². The first-order chi connectivity index (χ1) is 15.1. The Balaban J connectivity index is 1.72. The molecule has 8 heteroatoms. The maximum absolute atomic E-state index is 13.5. The number of amides is 1. The molecule has 5 rings (SSSR count). The third-order valence-corrected chi connectivity index (χ3v) is 5.83. The molecule has 0 saturated heterocycles. The minimum atomic E-state index is -0.676. The van der Waals surface area contributed by atoms with Gasteiger partial charge in [0.2, 0.25) is 10.9 Å². The van der Waals surface area contributed by atoms with E-state index in [2.05, 4.69) is 16.8 Å². The van der Waals surface area contributed by atoms with E-state index in [9.17, 15) is 9.59 Å². The van der Waals surface area contributed by atoms with Gasteiger partial charge in [-0.25, -0.2) is 0 Å². The van der Waals surface area contributed by atoms with Crippen LogP contribution in [0.3, 0.4) is 0 Å². The molecule has 2 aromatic carbocycles. The van der Waals surface area contributed by atoms with Gasteiger partial charge in [0, 0.05) is 0 Å². The summed E-state index contributed by atoms with van der Waals surface area (Å²) in [7, 11) is 0. The molecule has 0 N–H and O–H groups in total. The molecule has 2 aromatic heterocycles. The normalized spacial score (nSPS) is 15.3. The van der Waals surface area contributed by atoms with Crippen LogP contribution in [0.25, 0.3) is 11.0 Å². The highest BCUT2D eigenvalue weighted by Gasteiger charge is 2.44. The van der Waals surface area contributed by atoms with Crippen LogP contribution in [-0.4, -0.2) is 22.7 Å². The largest absolute Gasteiger partial charge is 0.490 e. The summed E-state index contributed by atoms with van der Waals surface area (Å²) >= 11 is 1.22. The molecule has 0 aliphatic carbocycles. The van der Waals surface area contributed by atoms with E-state index in [4.69, 9.17) is 9.15 Å². The number of aryl methyl sites for hydroxylation is 1. The topological polar surface area (TPSA) is 85.5 Å². The van der Waals surface area contributed by atoms with Crippen molar-refractivity contribution in [3.8, 4) is 5.75 Å². The van der Waals surface area contributed by atoms with E-state index in [0.717, 1.165) is 11.1 Å². The molecule has 7 nitrogen and oxygen atoms in total. The van der Waals surface area contributed by atoms with Gasteiger partial charge in [0.05, 0.1) is 17.0 Å². The van der Waals surface area contributed by atoms with Gasteiger partial charge in [0.1, 0.15) is 23.4 Å². The smallest absolute Gasteiger partial charge is 0.297 e. The minimum Gasteiger partial charge on any atom is -0.490 e.